The van der Waals surface area contributed by atoms with E-state index in [0.29, 0.717) is 19.6 Å². The van der Waals surface area contributed by atoms with Gasteiger partial charge in [-0.15, -0.1) is 0 Å². The highest BCUT2D eigenvalue weighted by Crippen LogP contribution is 2.12. The fourth-order valence-electron chi connectivity index (χ4n) is 1.20. The lowest BCUT2D eigenvalue weighted by Gasteiger charge is -2.12. The fourth-order valence-corrected chi connectivity index (χ4v) is 2.34. The Labute approximate surface area is 96.1 Å². The number of aromatic nitrogens is 2. The Bertz CT molecular complexity index is 426. The van der Waals surface area contributed by atoms with Crippen molar-refractivity contribution >= 4 is 10.0 Å². The zero-order valence-corrected chi connectivity index (χ0v) is 10.4. The first-order chi connectivity index (χ1) is 7.52. The summed E-state index contributed by atoms with van der Waals surface area (Å²) in [4.78, 5) is 0.230. The van der Waals surface area contributed by atoms with Gasteiger partial charge in [-0.1, -0.05) is 6.92 Å². The molecule has 0 aliphatic heterocycles. The molecule has 0 aliphatic carbocycles. The van der Waals surface area contributed by atoms with Crippen molar-refractivity contribution in [3.05, 3.63) is 12.4 Å². The van der Waals surface area contributed by atoms with Crippen LogP contribution in [0.15, 0.2) is 17.3 Å². The van der Waals surface area contributed by atoms with Crippen LogP contribution in [0.25, 0.3) is 0 Å². The molecule has 16 heavy (non-hydrogen) atoms. The van der Waals surface area contributed by atoms with Gasteiger partial charge in [0.1, 0.15) is 4.90 Å². The summed E-state index contributed by atoms with van der Waals surface area (Å²) in [5.41, 5.74) is 5.37. The lowest BCUT2D eigenvalue weighted by atomic mass is 10.4. The first kappa shape index (κ1) is 13.1. The third-order valence-electron chi connectivity index (χ3n) is 2.35. The molecule has 1 aromatic heterocycles. The Kier molecular flexibility index (Phi) is 4.45. The van der Waals surface area contributed by atoms with Crippen molar-refractivity contribution in [1.82, 2.24) is 14.1 Å². The van der Waals surface area contributed by atoms with Crippen molar-refractivity contribution in [1.29, 1.82) is 0 Å². The number of nitrogens with two attached hydrogens (primary N) is 1. The van der Waals surface area contributed by atoms with Crippen LogP contribution < -0.4 is 5.73 Å². The van der Waals surface area contributed by atoms with Crippen LogP contribution in [-0.4, -0.2) is 42.6 Å². The molecule has 1 aromatic rings. The number of hydrogen-bond acceptors (Lipinski definition) is 4. The van der Waals surface area contributed by atoms with Crippen LogP contribution in [0.1, 0.15) is 13.3 Å². The average Bonchev–Trinajstić information content (AvgIpc) is 2.74. The molecule has 0 aliphatic rings. The summed E-state index contributed by atoms with van der Waals surface area (Å²) in [5.74, 6) is 0. The lowest BCUT2D eigenvalue weighted by Crippen LogP contribution is -2.26. The Morgan fingerprint density at radius 3 is 2.81 bits per heavy atom. The van der Waals surface area contributed by atoms with Crippen LogP contribution in [0.4, 0.5) is 0 Å². The molecule has 0 bridgehead atoms. The van der Waals surface area contributed by atoms with Gasteiger partial charge < -0.3 is 5.73 Å². The highest BCUT2D eigenvalue weighted by atomic mass is 32.2. The van der Waals surface area contributed by atoms with Crippen molar-refractivity contribution in [2.75, 3.05) is 20.1 Å². The van der Waals surface area contributed by atoms with Gasteiger partial charge in [0.25, 0.3) is 0 Å². The second-order valence-electron chi connectivity index (χ2n) is 3.50. The molecule has 0 aromatic carbocycles. The van der Waals surface area contributed by atoms with Gasteiger partial charge in [0.2, 0.25) is 10.0 Å². The second-order valence-corrected chi connectivity index (χ2v) is 5.55. The first-order valence-electron chi connectivity index (χ1n) is 5.21. The van der Waals surface area contributed by atoms with Gasteiger partial charge in [-0.05, 0) is 13.0 Å². The third-order valence-corrected chi connectivity index (χ3v) is 4.24. The van der Waals surface area contributed by atoms with E-state index < -0.39 is 10.0 Å². The van der Waals surface area contributed by atoms with Gasteiger partial charge in [0, 0.05) is 26.3 Å². The molecule has 1 heterocycles. The monoisotopic (exact) mass is 246 g/mol. The van der Waals surface area contributed by atoms with Gasteiger partial charge in [-0.3, -0.25) is 4.68 Å². The van der Waals surface area contributed by atoms with Crippen LogP contribution in [0.2, 0.25) is 0 Å². The van der Waals surface area contributed by atoms with E-state index in [0.717, 1.165) is 6.42 Å². The predicted octanol–water partition coefficient (Wildman–Crippen LogP) is -0.128. The van der Waals surface area contributed by atoms with Gasteiger partial charge in [-0.25, -0.2) is 12.7 Å². The van der Waals surface area contributed by atoms with Crippen molar-refractivity contribution in [3.8, 4) is 0 Å². The summed E-state index contributed by atoms with van der Waals surface area (Å²) >= 11 is 0. The molecule has 1 rings (SSSR count). The summed E-state index contributed by atoms with van der Waals surface area (Å²) in [7, 11) is -1.83. The van der Waals surface area contributed by atoms with Crippen LogP contribution >= 0.6 is 0 Å². The smallest absolute Gasteiger partial charge is 0.245 e. The largest absolute Gasteiger partial charge is 0.330 e. The zero-order chi connectivity index (χ0) is 12.2. The molecule has 7 heteroatoms. The van der Waals surface area contributed by atoms with Crippen LogP contribution in [0.3, 0.4) is 0 Å². The van der Waals surface area contributed by atoms with E-state index in [1.165, 1.54) is 16.7 Å². The molecule has 0 fully saturated rings. The summed E-state index contributed by atoms with van der Waals surface area (Å²) < 4.78 is 26.7. The number of rotatable bonds is 6. The Morgan fingerprint density at radius 2 is 2.25 bits per heavy atom. The average molecular weight is 246 g/mol. The standard InChI is InChI=1S/C9H18N4O2S/c1-3-12(2)16(14,15)9-7-11-13(8-9)6-4-5-10/h7-8H,3-6,10H2,1-2H3. The molecule has 0 radical (unpaired) electrons. The van der Waals surface area contributed by atoms with Gasteiger partial charge >= 0.3 is 0 Å². The summed E-state index contributed by atoms with van der Waals surface area (Å²) in [6.45, 7) is 3.44. The number of sulfonamides is 1. The molecule has 6 nitrogen and oxygen atoms in total. The minimum Gasteiger partial charge on any atom is -0.330 e. The van der Waals surface area contributed by atoms with E-state index in [2.05, 4.69) is 5.10 Å². The topological polar surface area (TPSA) is 81.2 Å². The second kappa shape index (κ2) is 5.42. The molecule has 0 saturated carbocycles. The van der Waals surface area contributed by atoms with Crippen LogP contribution in [0.5, 0.6) is 0 Å². The maximum absolute atomic E-state index is 11.9. The number of aryl methyl sites for hydroxylation is 1. The predicted molar refractivity (Wildman–Crippen MR) is 61.4 cm³/mol. The maximum atomic E-state index is 11.9. The molecular weight excluding hydrogens is 228 g/mol. The van der Waals surface area contributed by atoms with Crippen molar-refractivity contribution in [3.63, 3.8) is 0 Å². The summed E-state index contributed by atoms with van der Waals surface area (Å²) in [6.07, 6.45) is 3.69. The molecular formula is C9H18N4O2S. The molecule has 92 valence electrons. The Balaban J connectivity index is 2.85. The molecule has 0 saturated heterocycles. The van der Waals surface area contributed by atoms with E-state index in [-0.39, 0.29) is 4.90 Å². The fraction of sp³-hybridized carbons (Fsp3) is 0.667. The van der Waals surface area contributed by atoms with E-state index in [1.54, 1.807) is 18.7 Å². The van der Waals surface area contributed by atoms with E-state index in [9.17, 15) is 8.42 Å². The molecule has 0 atom stereocenters. The minimum absolute atomic E-state index is 0.230. The van der Waals surface area contributed by atoms with Crippen LogP contribution in [0, 0.1) is 0 Å². The van der Waals surface area contributed by atoms with E-state index in [4.69, 9.17) is 5.73 Å². The molecule has 0 spiro atoms. The Morgan fingerprint density at radius 1 is 1.56 bits per heavy atom. The minimum atomic E-state index is -3.37. The third kappa shape index (κ3) is 2.81. The highest BCUT2D eigenvalue weighted by molar-refractivity contribution is 7.89. The van der Waals surface area contributed by atoms with Gasteiger partial charge in [0.05, 0.1) is 6.20 Å². The van der Waals surface area contributed by atoms with Gasteiger partial charge in [0.15, 0.2) is 0 Å². The summed E-state index contributed by atoms with van der Waals surface area (Å²) in [5, 5.41) is 3.99. The molecule has 0 unspecified atom stereocenters. The first-order valence-corrected chi connectivity index (χ1v) is 6.65. The lowest BCUT2D eigenvalue weighted by molar-refractivity contribution is 0.486. The van der Waals surface area contributed by atoms with Crippen LogP contribution in [-0.2, 0) is 16.6 Å². The highest BCUT2D eigenvalue weighted by Gasteiger charge is 2.20. The normalized spacial score (nSPS) is 12.2. The van der Waals surface area contributed by atoms with E-state index in [1.807, 2.05) is 0 Å². The molecule has 2 N–H and O–H groups in total. The van der Waals surface area contributed by atoms with Crippen molar-refractivity contribution < 1.29 is 8.42 Å². The quantitative estimate of drug-likeness (QED) is 0.758. The number of nitrogens with zero attached hydrogens (tertiary/aromatic N) is 3. The molecule has 0 amide bonds. The maximum Gasteiger partial charge on any atom is 0.245 e. The van der Waals surface area contributed by atoms with Gasteiger partial charge in [-0.2, -0.15) is 5.10 Å². The summed E-state index contributed by atoms with van der Waals surface area (Å²) in [6, 6.07) is 0. The van der Waals surface area contributed by atoms with Crippen molar-refractivity contribution in [2.45, 2.75) is 24.8 Å². The van der Waals surface area contributed by atoms with E-state index >= 15 is 0 Å². The SMILES string of the molecule is CCN(C)S(=O)(=O)c1cnn(CCCN)c1. The zero-order valence-electron chi connectivity index (χ0n) is 9.63. The van der Waals surface area contributed by atoms with Crippen molar-refractivity contribution in [2.24, 2.45) is 5.73 Å². The Hall–Kier alpha value is -0.920. The number of hydrogen-bond donors (Lipinski definition) is 1.